The number of aromatic hydroxyl groups is 2. The molecule has 2 heterocycles. The zero-order valence-electron chi connectivity index (χ0n) is 15.1. The van der Waals surface area contributed by atoms with Crippen LogP contribution in [0.25, 0.3) is 28.0 Å². The molecule has 1 saturated carbocycles. The van der Waals surface area contributed by atoms with Gasteiger partial charge in [-0.05, 0) is 60.8 Å². The highest BCUT2D eigenvalue weighted by Gasteiger charge is 2.28. The van der Waals surface area contributed by atoms with Crippen LogP contribution in [0.3, 0.4) is 0 Å². The second-order valence-electron chi connectivity index (χ2n) is 6.94. The van der Waals surface area contributed by atoms with E-state index in [1.54, 1.807) is 11.7 Å². The van der Waals surface area contributed by atoms with Gasteiger partial charge in [-0.25, -0.2) is 0 Å². The predicted molar refractivity (Wildman–Crippen MR) is 108 cm³/mol. The molecule has 1 aliphatic carbocycles. The summed E-state index contributed by atoms with van der Waals surface area (Å²) in [4.78, 5) is 3.19. The van der Waals surface area contributed by atoms with Gasteiger partial charge >= 0.3 is 0 Å². The number of benzene rings is 2. The fourth-order valence-electron chi connectivity index (χ4n) is 3.68. The van der Waals surface area contributed by atoms with E-state index in [4.69, 9.17) is 17.0 Å². The number of methoxy groups -OCH3 is 1. The van der Waals surface area contributed by atoms with E-state index in [1.165, 1.54) is 6.07 Å². The van der Waals surface area contributed by atoms with Gasteiger partial charge in [-0.3, -0.25) is 9.67 Å². The van der Waals surface area contributed by atoms with Crippen molar-refractivity contribution >= 4 is 23.1 Å². The van der Waals surface area contributed by atoms with E-state index < -0.39 is 0 Å². The molecule has 0 aliphatic heterocycles. The third kappa shape index (κ3) is 2.49. The number of phenolic OH excluding ortho intramolecular Hbond substituents is 2. The summed E-state index contributed by atoms with van der Waals surface area (Å²) < 4.78 is 7.62. The molecule has 5 rings (SSSR count). The summed E-state index contributed by atoms with van der Waals surface area (Å²) in [6, 6.07) is 8.90. The Hall–Kier alpha value is -3.26. The van der Waals surface area contributed by atoms with Gasteiger partial charge in [0.2, 0.25) is 0 Å². The lowest BCUT2D eigenvalue weighted by Crippen LogP contribution is -2.00. The van der Waals surface area contributed by atoms with Gasteiger partial charge < -0.3 is 19.9 Å². The molecule has 1 aliphatic rings. The number of aromatic amines is 2. The first-order chi connectivity index (χ1) is 13.6. The minimum absolute atomic E-state index is 0.0454. The Kier molecular flexibility index (Phi) is 3.70. The Labute approximate surface area is 165 Å². The predicted octanol–water partition coefficient (Wildman–Crippen LogP) is 4.38. The Balaban J connectivity index is 1.76. The molecule has 2 aromatic heterocycles. The van der Waals surface area contributed by atoms with E-state index in [9.17, 15) is 10.2 Å². The SMILES string of the molecule is COc1ccc(-n2c(-c3cc(C4CC4)c(O)cc3O)n[nH]c2=S)c2cc[nH]c12. The third-order valence-corrected chi connectivity index (χ3v) is 5.47. The molecule has 1 fully saturated rings. The molecular formula is C20H18N4O3S. The van der Waals surface area contributed by atoms with Crippen LogP contribution in [-0.4, -0.2) is 37.1 Å². The normalized spacial score (nSPS) is 13.9. The molecular weight excluding hydrogens is 376 g/mol. The van der Waals surface area contributed by atoms with Crippen LogP contribution in [0.5, 0.6) is 17.2 Å². The molecule has 142 valence electrons. The summed E-state index contributed by atoms with van der Waals surface area (Å²) in [7, 11) is 1.62. The minimum atomic E-state index is -0.0454. The smallest absolute Gasteiger partial charge is 0.200 e. The van der Waals surface area contributed by atoms with E-state index in [0.717, 1.165) is 40.7 Å². The highest BCUT2D eigenvalue weighted by molar-refractivity contribution is 7.71. The summed E-state index contributed by atoms with van der Waals surface area (Å²) in [5.74, 6) is 1.60. The number of nitrogens with zero attached hydrogens (tertiary/aromatic N) is 2. The van der Waals surface area contributed by atoms with E-state index in [2.05, 4.69) is 15.2 Å². The molecule has 8 heteroatoms. The molecule has 0 saturated heterocycles. The number of ether oxygens (including phenoxy) is 1. The van der Waals surface area contributed by atoms with Gasteiger partial charge in [-0.1, -0.05) is 0 Å². The van der Waals surface area contributed by atoms with Crippen molar-refractivity contribution in [3.05, 3.63) is 46.9 Å². The van der Waals surface area contributed by atoms with Crippen molar-refractivity contribution < 1.29 is 14.9 Å². The molecule has 7 nitrogen and oxygen atoms in total. The van der Waals surface area contributed by atoms with Crippen LogP contribution < -0.4 is 4.74 Å². The van der Waals surface area contributed by atoms with Gasteiger partial charge in [-0.15, -0.1) is 0 Å². The second kappa shape index (κ2) is 6.13. The van der Waals surface area contributed by atoms with E-state index in [1.807, 2.05) is 30.5 Å². The van der Waals surface area contributed by atoms with Crippen LogP contribution >= 0.6 is 12.2 Å². The average molecular weight is 394 g/mol. The maximum absolute atomic E-state index is 10.5. The van der Waals surface area contributed by atoms with E-state index in [0.29, 0.717) is 22.1 Å². The molecule has 0 unspecified atom stereocenters. The van der Waals surface area contributed by atoms with Crippen LogP contribution in [0.4, 0.5) is 0 Å². The fourth-order valence-corrected chi connectivity index (χ4v) is 3.91. The van der Waals surface area contributed by atoms with Gasteiger partial charge in [0.25, 0.3) is 0 Å². The summed E-state index contributed by atoms with van der Waals surface area (Å²) in [6.45, 7) is 0. The topological polar surface area (TPSA) is 99.1 Å². The van der Waals surface area contributed by atoms with E-state index in [-0.39, 0.29) is 11.5 Å². The molecule has 0 bridgehead atoms. The zero-order valence-corrected chi connectivity index (χ0v) is 15.9. The van der Waals surface area contributed by atoms with Crippen LogP contribution in [-0.2, 0) is 0 Å². The standard InChI is InChI=1S/C20H18N4O3S/c1-27-17-5-4-14(11-6-7-21-18(11)17)24-19(22-23-20(24)28)13-8-12(10-2-3-10)15(25)9-16(13)26/h4-10,21,25-26H,2-3H2,1H3,(H,23,28). The fraction of sp³-hybridized carbons (Fsp3) is 0.200. The average Bonchev–Trinajstić information content (AvgIpc) is 3.27. The first-order valence-corrected chi connectivity index (χ1v) is 9.37. The lowest BCUT2D eigenvalue weighted by atomic mass is 10.0. The lowest BCUT2D eigenvalue weighted by molar-refractivity contribution is 0.419. The molecule has 2 aromatic carbocycles. The second-order valence-corrected chi connectivity index (χ2v) is 7.33. The molecule has 0 spiro atoms. The maximum atomic E-state index is 10.5. The monoisotopic (exact) mass is 394 g/mol. The van der Waals surface area contributed by atoms with Crippen molar-refractivity contribution in [1.29, 1.82) is 0 Å². The number of H-pyrrole nitrogens is 2. The highest BCUT2D eigenvalue weighted by Crippen LogP contribution is 2.47. The maximum Gasteiger partial charge on any atom is 0.200 e. The van der Waals surface area contributed by atoms with Crippen molar-refractivity contribution in [3.8, 4) is 34.3 Å². The lowest BCUT2D eigenvalue weighted by Gasteiger charge is -2.13. The van der Waals surface area contributed by atoms with Crippen molar-refractivity contribution in [3.63, 3.8) is 0 Å². The van der Waals surface area contributed by atoms with Crippen LogP contribution in [0.1, 0.15) is 24.3 Å². The quantitative estimate of drug-likeness (QED) is 0.385. The van der Waals surface area contributed by atoms with Crippen molar-refractivity contribution in [1.82, 2.24) is 19.7 Å². The van der Waals surface area contributed by atoms with Gasteiger partial charge in [0.05, 0.1) is 23.9 Å². The number of fused-ring (bicyclic) bond motifs is 1. The number of aromatic nitrogens is 4. The summed E-state index contributed by atoms with van der Waals surface area (Å²) in [5.41, 5.74) is 3.01. The van der Waals surface area contributed by atoms with Crippen LogP contribution in [0.2, 0.25) is 0 Å². The number of nitrogens with one attached hydrogen (secondary N) is 2. The minimum Gasteiger partial charge on any atom is -0.508 e. The summed E-state index contributed by atoms with van der Waals surface area (Å²) >= 11 is 5.49. The van der Waals surface area contributed by atoms with Crippen molar-refractivity contribution in [2.24, 2.45) is 0 Å². The van der Waals surface area contributed by atoms with Crippen molar-refractivity contribution in [2.45, 2.75) is 18.8 Å². The third-order valence-electron chi connectivity index (χ3n) is 5.20. The Morgan fingerprint density at radius 3 is 2.75 bits per heavy atom. The number of rotatable bonds is 4. The molecule has 4 N–H and O–H groups in total. The molecule has 0 atom stereocenters. The highest BCUT2D eigenvalue weighted by atomic mass is 32.1. The van der Waals surface area contributed by atoms with Crippen molar-refractivity contribution in [2.75, 3.05) is 7.11 Å². The largest absolute Gasteiger partial charge is 0.508 e. The number of hydrogen-bond acceptors (Lipinski definition) is 5. The van der Waals surface area contributed by atoms with Gasteiger partial charge in [0.15, 0.2) is 10.6 Å². The summed E-state index contributed by atoms with van der Waals surface area (Å²) in [6.07, 6.45) is 3.91. The van der Waals surface area contributed by atoms with E-state index >= 15 is 0 Å². The zero-order chi connectivity index (χ0) is 19.4. The molecule has 0 radical (unpaired) electrons. The van der Waals surface area contributed by atoms with Gasteiger partial charge in [0, 0.05) is 17.6 Å². The number of phenols is 2. The first-order valence-electron chi connectivity index (χ1n) is 8.96. The van der Waals surface area contributed by atoms with Crippen LogP contribution in [0, 0.1) is 4.77 Å². The van der Waals surface area contributed by atoms with Gasteiger partial charge in [0.1, 0.15) is 17.2 Å². The number of hydrogen-bond donors (Lipinski definition) is 4. The molecule has 28 heavy (non-hydrogen) atoms. The molecule has 4 aromatic rings. The molecule has 0 amide bonds. The summed E-state index contributed by atoms with van der Waals surface area (Å²) in [5, 5.41) is 28.8. The first kappa shape index (κ1) is 16.9. The van der Waals surface area contributed by atoms with Crippen LogP contribution in [0.15, 0.2) is 36.5 Å². The Morgan fingerprint density at radius 2 is 2.00 bits per heavy atom. The Bertz CT molecular complexity index is 1270. The Morgan fingerprint density at radius 1 is 1.18 bits per heavy atom. The van der Waals surface area contributed by atoms with Gasteiger partial charge in [-0.2, -0.15) is 5.10 Å².